The summed E-state index contributed by atoms with van der Waals surface area (Å²) in [5.74, 6) is 1.85. The molecule has 0 saturated heterocycles. The molecule has 0 spiro atoms. The molecule has 5 rings (SSSR count). The quantitative estimate of drug-likeness (QED) is 0.138. The van der Waals surface area contributed by atoms with Crippen LogP contribution < -0.4 is 14.2 Å². The van der Waals surface area contributed by atoms with Gasteiger partial charge in [0, 0.05) is 55.3 Å². The second kappa shape index (κ2) is 15.9. The number of aliphatic hydroxyl groups is 1. The van der Waals surface area contributed by atoms with Crippen molar-refractivity contribution >= 4 is 34.7 Å². The fourth-order valence-electron chi connectivity index (χ4n) is 4.60. The van der Waals surface area contributed by atoms with Gasteiger partial charge in [0.25, 0.3) is 0 Å². The third-order valence-corrected chi connectivity index (χ3v) is 6.61. The molecule has 39 heavy (non-hydrogen) atoms. The largest absolute Gasteiger partial charge is 0.439 e. The Hall–Kier alpha value is -3.32. The van der Waals surface area contributed by atoms with Gasteiger partial charge in [0.05, 0.1) is 18.2 Å². The molecule has 0 radical (unpaired) electrons. The summed E-state index contributed by atoms with van der Waals surface area (Å²) in [6.07, 6.45) is 5.56. The number of pyridine rings is 1. The fourth-order valence-corrected chi connectivity index (χ4v) is 4.71. The van der Waals surface area contributed by atoms with Crippen LogP contribution in [0.25, 0.3) is 22.7 Å². The number of hydrogen-bond donors (Lipinski definition) is 1. The summed E-state index contributed by atoms with van der Waals surface area (Å²) in [5, 5.41) is 9.13. The van der Waals surface area contributed by atoms with Crippen molar-refractivity contribution in [2.45, 2.75) is 47.0 Å². The van der Waals surface area contributed by atoms with Gasteiger partial charge in [-0.1, -0.05) is 69.7 Å². The second-order valence-electron chi connectivity index (χ2n) is 8.59. The van der Waals surface area contributed by atoms with Crippen LogP contribution in [0.5, 0.6) is 5.75 Å². The van der Waals surface area contributed by atoms with Gasteiger partial charge in [-0.05, 0) is 37.1 Å². The number of rotatable bonds is 8. The number of anilines is 1. The van der Waals surface area contributed by atoms with Crippen LogP contribution >= 0.6 is 12.0 Å². The SMILES string of the molecule is CC.CCCCc1cc(/C=C2\Oc3ccccc3N2CC)c2ccccc2[n+]1-c1ccccc1.COSCO. The van der Waals surface area contributed by atoms with E-state index in [0.29, 0.717) is 0 Å². The van der Waals surface area contributed by atoms with E-state index in [0.717, 1.165) is 48.7 Å². The Balaban J connectivity index is 0.000000542. The minimum absolute atomic E-state index is 0.0382. The number of aryl methyl sites for hydroxylation is 1. The molecule has 206 valence electrons. The van der Waals surface area contributed by atoms with Gasteiger partial charge in [0.15, 0.2) is 11.4 Å². The van der Waals surface area contributed by atoms with E-state index in [4.69, 9.17) is 9.84 Å². The molecule has 1 aliphatic heterocycles. The normalized spacial score (nSPS) is 12.8. The molecule has 1 N–H and O–H groups in total. The van der Waals surface area contributed by atoms with Gasteiger partial charge in [-0.25, -0.2) is 0 Å². The van der Waals surface area contributed by atoms with Crippen LogP contribution in [0.1, 0.15) is 51.8 Å². The van der Waals surface area contributed by atoms with Crippen LogP contribution in [0.2, 0.25) is 0 Å². The molecular formula is C33H41N2O3S+. The highest BCUT2D eigenvalue weighted by Gasteiger charge is 2.26. The highest BCUT2D eigenvalue weighted by molar-refractivity contribution is 7.94. The zero-order valence-corrected chi connectivity index (χ0v) is 24.6. The van der Waals surface area contributed by atoms with E-state index in [1.165, 1.54) is 41.4 Å². The van der Waals surface area contributed by atoms with Crippen LogP contribution in [-0.4, -0.2) is 24.7 Å². The molecule has 2 heterocycles. The number of unbranched alkanes of at least 4 members (excludes halogenated alkanes) is 1. The van der Waals surface area contributed by atoms with Crippen molar-refractivity contribution in [3.63, 3.8) is 0 Å². The standard InChI is InChI=1S/C29H29N2O.C2H6O2S.C2H6/c1-3-5-13-24-20-22(21-29-30(4-2)27-18-11-12-19-28(27)32-29)25-16-9-10-17-26(25)31(24)23-14-7-6-8-15-23;1-4-5-2-3;1-2/h6-12,14-21H,3-5,13H2,1-2H3;3H,2H2,1H3;1-2H3/q+1;;. The zero-order valence-electron chi connectivity index (χ0n) is 23.8. The summed E-state index contributed by atoms with van der Waals surface area (Å²) in [7, 11) is 1.51. The molecule has 0 aliphatic carbocycles. The monoisotopic (exact) mass is 545 g/mol. The number of nitrogens with zero attached hydrogens (tertiary/aromatic N) is 2. The molecule has 0 bridgehead atoms. The van der Waals surface area contributed by atoms with Crippen LogP contribution in [0, 0.1) is 0 Å². The number of aromatic nitrogens is 1. The van der Waals surface area contributed by atoms with Gasteiger partial charge in [0.1, 0.15) is 5.94 Å². The van der Waals surface area contributed by atoms with E-state index in [1.807, 2.05) is 26.0 Å². The van der Waals surface area contributed by atoms with Crippen LogP contribution in [-0.2, 0) is 10.6 Å². The van der Waals surface area contributed by atoms with Gasteiger partial charge in [-0.3, -0.25) is 0 Å². The van der Waals surface area contributed by atoms with Crippen molar-refractivity contribution in [3.8, 4) is 11.4 Å². The predicted octanol–water partition coefficient (Wildman–Crippen LogP) is 7.93. The topological polar surface area (TPSA) is 45.8 Å². The van der Waals surface area contributed by atoms with Crippen LogP contribution in [0.4, 0.5) is 5.69 Å². The third-order valence-electron chi connectivity index (χ3n) is 6.27. The number of ether oxygens (including phenoxy) is 1. The molecule has 6 heteroatoms. The highest BCUT2D eigenvalue weighted by atomic mass is 32.2. The van der Waals surface area contributed by atoms with Gasteiger partial charge in [-0.15, -0.1) is 0 Å². The molecule has 0 saturated carbocycles. The van der Waals surface area contributed by atoms with E-state index >= 15 is 0 Å². The van der Waals surface area contributed by atoms with Gasteiger partial charge >= 0.3 is 0 Å². The Morgan fingerprint density at radius 3 is 2.31 bits per heavy atom. The first kappa shape index (κ1) is 30.2. The van der Waals surface area contributed by atoms with E-state index < -0.39 is 0 Å². The van der Waals surface area contributed by atoms with Crippen LogP contribution in [0.15, 0.2) is 90.8 Å². The van der Waals surface area contributed by atoms with Gasteiger partial charge in [0.2, 0.25) is 17.1 Å². The average molecular weight is 546 g/mol. The maximum atomic E-state index is 7.90. The lowest BCUT2D eigenvalue weighted by molar-refractivity contribution is -0.576. The first-order chi connectivity index (χ1) is 19.2. The summed E-state index contributed by atoms with van der Waals surface area (Å²) in [6.45, 7) is 9.28. The summed E-state index contributed by atoms with van der Waals surface area (Å²) < 4.78 is 13.0. The minimum Gasteiger partial charge on any atom is -0.439 e. The van der Waals surface area contributed by atoms with Gasteiger partial charge in [-0.2, -0.15) is 4.57 Å². The van der Waals surface area contributed by atoms with Gasteiger partial charge < -0.3 is 18.9 Å². The maximum absolute atomic E-state index is 7.90. The molecular weight excluding hydrogens is 504 g/mol. The Morgan fingerprint density at radius 1 is 0.949 bits per heavy atom. The van der Waals surface area contributed by atoms with Crippen molar-refractivity contribution in [1.82, 2.24) is 0 Å². The number of fused-ring (bicyclic) bond motifs is 2. The third kappa shape index (κ3) is 7.41. The average Bonchev–Trinajstić information content (AvgIpc) is 3.35. The molecule has 1 aliphatic rings. The molecule has 0 amide bonds. The Labute approximate surface area is 237 Å². The number of benzene rings is 3. The lowest BCUT2D eigenvalue weighted by Crippen LogP contribution is -2.37. The molecule has 5 nitrogen and oxygen atoms in total. The van der Waals surface area contributed by atoms with E-state index in [-0.39, 0.29) is 5.94 Å². The predicted molar refractivity (Wildman–Crippen MR) is 165 cm³/mol. The van der Waals surface area contributed by atoms with Crippen molar-refractivity contribution in [3.05, 3.63) is 102 Å². The first-order valence-corrected chi connectivity index (χ1v) is 14.7. The number of aliphatic hydroxyl groups excluding tert-OH is 1. The molecule has 0 fully saturated rings. The lowest BCUT2D eigenvalue weighted by atomic mass is 10.0. The number of para-hydroxylation sites is 4. The Bertz CT molecular complexity index is 1340. The summed E-state index contributed by atoms with van der Waals surface area (Å²) in [4.78, 5) is 2.24. The molecule has 3 aromatic carbocycles. The van der Waals surface area contributed by atoms with Crippen molar-refractivity contribution in [2.24, 2.45) is 0 Å². The Kier molecular flexibility index (Phi) is 12.4. The first-order valence-electron chi connectivity index (χ1n) is 13.8. The summed E-state index contributed by atoms with van der Waals surface area (Å²) in [5.41, 5.74) is 6.07. The fraction of sp³-hybridized carbons (Fsp3) is 0.303. The van der Waals surface area contributed by atoms with E-state index in [2.05, 4.69) is 106 Å². The zero-order chi connectivity index (χ0) is 28.0. The summed E-state index contributed by atoms with van der Waals surface area (Å²) in [6, 6.07) is 30.0. The summed E-state index contributed by atoms with van der Waals surface area (Å²) >= 11 is 1.02. The van der Waals surface area contributed by atoms with Crippen molar-refractivity contribution in [1.29, 1.82) is 0 Å². The molecule has 4 aromatic rings. The second-order valence-corrected chi connectivity index (χ2v) is 9.42. The molecule has 1 aromatic heterocycles. The lowest BCUT2D eigenvalue weighted by Gasteiger charge is -2.16. The molecule has 0 unspecified atom stereocenters. The maximum Gasteiger partial charge on any atom is 0.219 e. The van der Waals surface area contributed by atoms with E-state index in [9.17, 15) is 0 Å². The molecule has 0 atom stereocenters. The van der Waals surface area contributed by atoms with Crippen molar-refractivity contribution < 1.29 is 18.6 Å². The smallest absolute Gasteiger partial charge is 0.219 e. The van der Waals surface area contributed by atoms with E-state index in [1.54, 1.807) is 0 Å². The number of hydrogen-bond acceptors (Lipinski definition) is 5. The van der Waals surface area contributed by atoms with Crippen LogP contribution in [0.3, 0.4) is 0 Å². The highest BCUT2D eigenvalue weighted by Crippen LogP contribution is 2.39. The van der Waals surface area contributed by atoms with Crippen molar-refractivity contribution in [2.75, 3.05) is 24.5 Å². The minimum atomic E-state index is 0.0382. The Morgan fingerprint density at radius 2 is 1.64 bits per heavy atom.